The van der Waals surface area contributed by atoms with Gasteiger partial charge in [-0.3, -0.25) is 4.79 Å². The van der Waals surface area contributed by atoms with Crippen molar-refractivity contribution in [3.8, 4) is 11.8 Å². The highest BCUT2D eigenvalue weighted by atomic mass is 16.1. The topological polar surface area (TPSA) is 61.1 Å². The van der Waals surface area contributed by atoms with Crippen molar-refractivity contribution in [1.82, 2.24) is 4.57 Å². The summed E-state index contributed by atoms with van der Waals surface area (Å²) in [4.78, 5) is 14.7. The van der Waals surface area contributed by atoms with E-state index in [1.165, 1.54) is 0 Å². The first kappa shape index (κ1) is 20.9. The number of aromatic nitrogens is 1. The number of benzene rings is 2. The SMILES string of the molecule is Cc1cccc(NC(=O)/C(C#N)=C\c2cc(C)n(-c3ccc(N(C)C)cc3)c2C)c1. The van der Waals surface area contributed by atoms with Gasteiger partial charge in [0.1, 0.15) is 11.6 Å². The zero-order chi connectivity index (χ0) is 21.8. The molecule has 1 heterocycles. The van der Waals surface area contributed by atoms with Crippen LogP contribution in [-0.2, 0) is 4.79 Å². The molecule has 0 saturated carbocycles. The number of carbonyl (C=O) groups excluding carboxylic acids is 1. The molecule has 0 unspecified atom stereocenters. The van der Waals surface area contributed by atoms with Gasteiger partial charge in [0.15, 0.2) is 0 Å². The van der Waals surface area contributed by atoms with Crippen molar-refractivity contribution in [2.45, 2.75) is 20.8 Å². The average Bonchev–Trinajstić information content (AvgIpc) is 2.99. The highest BCUT2D eigenvalue weighted by molar-refractivity contribution is 6.09. The summed E-state index contributed by atoms with van der Waals surface area (Å²) in [6.45, 7) is 5.96. The Bertz CT molecular complexity index is 1140. The Morgan fingerprint density at radius 3 is 2.37 bits per heavy atom. The molecule has 0 bridgehead atoms. The van der Waals surface area contributed by atoms with Gasteiger partial charge in [0, 0.05) is 42.5 Å². The Morgan fingerprint density at radius 2 is 1.77 bits per heavy atom. The predicted octanol–water partition coefficient (Wildman–Crippen LogP) is 5.01. The Balaban J connectivity index is 1.91. The van der Waals surface area contributed by atoms with Crippen molar-refractivity contribution < 1.29 is 4.79 Å². The fourth-order valence-electron chi connectivity index (χ4n) is 3.46. The van der Waals surface area contributed by atoms with Crippen LogP contribution in [0.15, 0.2) is 60.2 Å². The predicted molar refractivity (Wildman–Crippen MR) is 123 cm³/mol. The molecule has 3 aromatic rings. The van der Waals surface area contributed by atoms with Crippen LogP contribution in [0.4, 0.5) is 11.4 Å². The molecule has 3 rings (SSSR count). The fraction of sp³-hybridized carbons (Fsp3) is 0.200. The third-order valence-electron chi connectivity index (χ3n) is 5.04. The van der Waals surface area contributed by atoms with Crippen molar-refractivity contribution in [1.29, 1.82) is 5.26 Å². The lowest BCUT2D eigenvalue weighted by Gasteiger charge is -2.14. The summed E-state index contributed by atoms with van der Waals surface area (Å²) in [7, 11) is 4.02. The summed E-state index contributed by atoms with van der Waals surface area (Å²) >= 11 is 0. The van der Waals surface area contributed by atoms with Crippen LogP contribution >= 0.6 is 0 Å². The van der Waals surface area contributed by atoms with Gasteiger partial charge in [-0.05, 0) is 80.4 Å². The number of carbonyl (C=O) groups is 1. The number of nitrogens with zero attached hydrogens (tertiary/aromatic N) is 3. The standard InChI is InChI=1S/C25H26N4O/c1-17-7-6-8-22(13-17)27-25(30)21(16-26)15-20-14-18(2)29(19(20)3)24-11-9-23(10-12-24)28(4)5/h6-15H,1-5H3,(H,27,30)/b21-15-. The molecule has 0 saturated heterocycles. The minimum absolute atomic E-state index is 0.0692. The quantitative estimate of drug-likeness (QED) is 0.485. The summed E-state index contributed by atoms with van der Waals surface area (Å²) in [5.41, 5.74) is 6.80. The van der Waals surface area contributed by atoms with E-state index in [4.69, 9.17) is 0 Å². The second kappa shape index (κ2) is 8.71. The van der Waals surface area contributed by atoms with Crippen LogP contribution in [0.5, 0.6) is 0 Å². The van der Waals surface area contributed by atoms with Crippen LogP contribution in [0.2, 0.25) is 0 Å². The van der Waals surface area contributed by atoms with Crippen molar-refractivity contribution in [2.24, 2.45) is 0 Å². The molecule has 1 N–H and O–H groups in total. The molecular weight excluding hydrogens is 372 g/mol. The highest BCUT2D eigenvalue weighted by Crippen LogP contribution is 2.24. The first-order valence-corrected chi connectivity index (χ1v) is 9.76. The monoisotopic (exact) mass is 398 g/mol. The van der Waals surface area contributed by atoms with Crippen LogP contribution in [0, 0.1) is 32.1 Å². The van der Waals surface area contributed by atoms with Crippen LogP contribution < -0.4 is 10.2 Å². The Morgan fingerprint density at radius 1 is 1.07 bits per heavy atom. The first-order valence-electron chi connectivity index (χ1n) is 9.76. The van der Waals surface area contributed by atoms with Crippen molar-refractivity contribution >= 4 is 23.4 Å². The largest absolute Gasteiger partial charge is 0.378 e. The molecule has 0 atom stereocenters. The van der Waals surface area contributed by atoms with Gasteiger partial charge in [-0.2, -0.15) is 5.26 Å². The maximum absolute atomic E-state index is 12.6. The van der Waals surface area contributed by atoms with Gasteiger partial charge in [-0.1, -0.05) is 12.1 Å². The van der Waals surface area contributed by atoms with Crippen LogP contribution in [-0.4, -0.2) is 24.6 Å². The molecule has 0 aliphatic heterocycles. The third kappa shape index (κ3) is 4.44. The number of hydrogen-bond donors (Lipinski definition) is 1. The Kier molecular flexibility index (Phi) is 6.08. The number of amides is 1. The molecule has 2 aromatic carbocycles. The lowest BCUT2D eigenvalue weighted by Crippen LogP contribution is -2.13. The molecule has 0 spiro atoms. The number of anilines is 2. The maximum Gasteiger partial charge on any atom is 0.266 e. The molecule has 5 nitrogen and oxygen atoms in total. The number of nitrogens with one attached hydrogen (secondary N) is 1. The van der Waals surface area contributed by atoms with Crippen molar-refractivity contribution in [3.05, 3.63) is 82.7 Å². The van der Waals surface area contributed by atoms with E-state index in [9.17, 15) is 10.1 Å². The highest BCUT2D eigenvalue weighted by Gasteiger charge is 2.14. The van der Waals surface area contributed by atoms with Gasteiger partial charge in [-0.15, -0.1) is 0 Å². The molecule has 152 valence electrons. The van der Waals surface area contributed by atoms with Gasteiger partial charge in [-0.25, -0.2) is 0 Å². The second-order valence-corrected chi connectivity index (χ2v) is 7.57. The molecule has 0 aliphatic rings. The van der Waals surface area contributed by atoms with Crippen molar-refractivity contribution in [2.75, 3.05) is 24.3 Å². The van der Waals surface area contributed by atoms with E-state index in [1.807, 2.05) is 71.3 Å². The lowest BCUT2D eigenvalue weighted by molar-refractivity contribution is -0.112. The van der Waals surface area contributed by atoms with E-state index in [0.717, 1.165) is 33.9 Å². The lowest BCUT2D eigenvalue weighted by atomic mass is 10.1. The summed E-state index contributed by atoms with van der Waals surface area (Å²) in [5.74, 6) is -0.414. The van der Waals surface area contributed by atoms with E-state index in [-0.39, 0.29) is 5.57 Å². The van der Waals surface area contributed by atoms with Crippen LogP contribution in [0.3, 0.4) is 0 Å². The minimum atomic E-state index is -0.414. The van der Waals surface area contributed by atoms with Crippen LogP contribution in [0.1, 0.15) is 22.5 Å². The molecule has 1 aromatic heterocycles. The summed E-state index contributed by atoms with van der Waals surface area (Å²) in [6.07, 6.45) is 1.65. The number of hydrogen-bond acceptors (Lipinski definition) is 3. The normalized spacial score (nSPS) is 11.1. The van der Waals surface area contributed by atoms with Gasteiger partial charge < -0.3 is 14.8 Å². The van der Waals surface area contributed by atoms with E-state index >= 15 is 0 Å². The Labute approximate surface area is 177 Å². The summed E-state index contributed by atoms with van der Waals surface area (Å²) < 4.78 is 2.12. The van der Waals surface area contributed by atoms with Gasteiger partial charge in [0.25, 0.3) is 5.91 Å². The van der Waals surface area contributed by atoms with Gasteiger partial charge in [0.2, 0.25) is 0 Å². The third-order valence-corrected chi connectivity index (χ3v) is 5.04. The molecule has 0 fully saturated rings. The molecule has 0 radical (unpaired) electrons. The van der Waals surface area contributed by atoms with E-state index < -0.39 is 5.91 Å². The van der Waals surface area contributed by atoms with E-state index in [2.05, 4.69) is 39.0 Å². The molecule has 30 heavy (non-hydrogen) atoms. The van der Waals surface area contributed by atoms with Crippen molar-refractivity contribution in [3.63, 3.8) is 0 Å². The smallest absolute Gasteiger partial charge is 0.266 e. The number of aryl methyl sites for hydroxylation is 2. The van der Waals surface area contributed by atoms with Gasteiger partial charge in [0.05, 0.1) is 0 Å². The minimum Gasteiger partial charge on any atom is -0.378 e. The molecule has 1 amide bonds. The average molecular weight is 399 g/mol. The molecular formula is C25H26N4O. The summed E-state index contributed by atoms with van der Waals surface area (Å²) in [5, 5.41) is 12.4. The first-order chi connectivity index (χ1) is 14.3. The zero-order valence-electron chi connectivity index (χ0n) is 18.0. The zero-order valence-corrected chi connectivity index (χ0v) is 18.0. The fourth-order valence-corrected chi connectivity index (χ4v) is 3.46. The van der Waals surface area contributed by atoms with E-state index in [0.29, 0.717) is 5.69 Å². The van der Waals surface area contributed by atoms with Crippen LogP contribution in [0.25, 0.3) is 11.8 Å². The maximum atomic E-state index is 12.6. The second-order valence-electron chi connectivity index (χ2n) is 7.57. The molecule has 0 aliphatic carbocycles. The van der Waals surface area contributed by atoms with Gasteiger partial charge >= 0.3 is 0 Å². The van der Waals surface area contributed by atoms with E-state index in [1.54, 1.807) is 6.08 Å². The molecule has 5 heteroatoms. The number of nitriles is 1. The number of rotatable bonds is 5. The Hall–Kier alpha value is -3.78. The summed E-state index contributed by atoms with van der Waals surface area (Å²) in [6, 6.07) is 19.8.